The van der Waals surface area contributed by atoms with Gasteiger partial charge in [-0.15, -0.1) is 0 Å². The number of rotatable bonds is 3. The Hall–Kier alpha value is -3.06. The highest BCUT2D eigenvalue weighted by Crippen LogP contribution is 2.30. The normalized spacial score (nSPS) is 10.3. The Morgan fingerprint density at radius 2 is 2.19 bits per heavy atom. The molecule has 0 saturated heterocycles. The van der Waals surface area contributed by atoms with E-state index in [0.29, 0.717) is 5.56 Å². The Morgan fingerprint density at radius 3 is 2.95 bits per heavy atom. The SMILES string of the molecule is C=Cc1cncc(C#N)c1Nc1ccc2[nH]ccc2c1C. The maximum atomic E-state index is 9.26. The monoisotopic (exact) mass is 274 g/mol. The number of aromatic amines is 1. The van der Waals surface area contributed by atoms with Crippen LogP contribution in [0.3, 0.4) is 0 Å². The van der Waals surface area contributed by atoms with E-state index in [0.717, 1.165) is 33.4 Å². The molecule has 0 spiro atoms. The molecule has 0 aliphatic heterocycles. The highest BCUT2D eigenvalue weighted by atomic mass is 14.9. The van der Waals surface area contributed by atoms with Crippen LogP contribution in [0.4, 0.5) is 11.4 Å². The van der Waals surface area contributed by atoms with Crippen molar-refractivity contribution in [3.8, 4) is 6.07 Å². The zero-order chi connectivity index (χ0) is 14.8. The number of aryl methyl sites for hydroxylation is 1. The van der Waals surface area contributed by atoms with Gasteiger partial charge in [-0.05, 0) is 30.7 Å². The van der Waals surface area contributed by atoms with Crippen LogP contribution < -0.4 is 5.32 Å². The van der Waals surface area contributed by atoms with E-state index in [-0.39, 0.29) is 0 Å². The van der Waals surface area contributed by atoms with Gasteiger partial charge >= 0.3 is 0 Å². The van der Waals surface area contributed by atoms with Crippen molar-refractivity contribution in [1.82, 2.24) is 9.97 Å². The molecule has 0 fully saturated rings. The number of aromatic nitrogens is 2. The summed E-state index contributed by atoms with van der Waals surface area (Å²) in [6.45, 7) is 5.83. The lowest BCUT2D eigenvalue weighted by Crippen LogP contribution is -1.99. The van der Waals surface area contributed by atoms with Gasteiger partial charge < -0.3 is 10.3 Å². The van der Waals surface area contributed by atoms with E-state index < -0.39 is 0 Å². The van der Waals surface area contributed by atoms with Crippen LogP contribution in [0.2, 0.25) is 0 Å². The van der Waals surface area contributed by atoms with Crippen LogP contribution in [0.15, 0.2) is 43.4 Å². The number of H-pyrrole nitrogens is 1. The highest BCUT2D eigenvalue weighted by molar-refractivity contribution is 5.89. The molecule has 0 unspecified atom stereocenters. The first-order valence-corrected chi connectivity index (χ1v) is 6.59. The van der Waals surface area contributed by atoms with Crippen molar-refractivity contribution in [2.24, 2.45) is 0 Å². The maximum absolute atomic E-state index is 9.26. The van der Waals surface area contributed by atoms with Crippen molar-refractivity contribution in [2.45, 2.75) is 6.92 Å². The van der Waals surface area contributed by atoms with Crippen LogP contribution >= 0.6 is 0 Å². The Kier molecular flexibility index (Phi) is 3.17. The first-order valence-electron chi connectivity index (χ1n) is 6.59. The second-order valence-electron chi connectivity index (χ2n) is 4.77. The maximum Gasteiger partial charge on any atom is 0.103 e. The molecule has 2 heterocycles. The third-order valence-corrected chi connectivity index (χ3v) is 3.58. The second-order valence-corrected chi connectivity index (χ2v) is 4.77. The van der Waals surface area contributed by atoms with E-state index in [4.69, 9.17) is 0 Å². The molecule has 1 aromatic carbocycles. The number of fused-ring (bicyclic) bond motifs is 1. The molecule has 102 valence electrons. The van der Waals surface area contributed by atoms with Gasteiger partial charge in [0.2, 0.25) is 0 Å². The van der Waals surface area contributed by atoms with Crippen molar-refractivity contribution in [2.75, 3.05) is 5.32 Å². The first kappa shape index (κ1) is 12.9. The number of nitrogens with one attached hydrogen (secondary N) is 2. The number of anilines is 2. The summed E-state index contributed by atoms with van der Waals surface area (Å²) in [6, 6.07) is 8.23. The van der Waals surface area contributed by atoms with Gasteiger partial charge in [-0.2, -0.15) is 5.26 Å². The summed E-state index contributed by atoms with van der Waals surface area (Å²) in [6.07, 6.45) is 6.86. The van der Waals surface area contributed by atoms with Crippen molar-refractivity contribution in [1.29, 1.82) is 5.26 Å². The fourth-order valence-corrected chi connectivity index (χ4v) is 2.41. The van der Waals surface area contributed by atoms with Crippen LogP contribution in [-0.4, -0.2) is 9.97 Å². The predicted molar refractivity (Wildman–Crippen MR) is 85.4 cm³/mol. The zero-order valence-corrected chi connectivity index (χ0v) is 11.6. The summed E-state index contributed by atoms with van der Waals surface area (Å²) in [7, 11) is 0. The molecule has 2 N–H and O–H groups in total. The Morgan fingerprint density at radius 1 is 1.33 bits per heavy atom. The van der Waals surface area contributed by atoms with Gasteiger partial charge in [-0.25, -0.2) is 0 Å². The Labute approximate surface area is 122 Å². The molecule has 4 nitrogen and oxygen atoms in total. The summed E-state index contributed by atoms with van der Waals surface area (Å²) in [4.78, 5) is 7.24. The summed E-state index contributed by atoms with van der Waals surface area (Å²) in [5.41, 5.74) is 5.23. The third-order valence-electron chi connectivity index (χ3n) is 3.58. The van der Waals surface area contributed by atoms with E-state index in [2.05, 4.69) is 34.9 Å². The van der Waals surface area contributed by atoms with E-state index in [1.807, 2.05) is 24.4 Å². The molecular formula is C17H14N4. The topological polar surface area (TPSA) is 64.5 Å². The van der Waals surface area contributed by atoms with Crippen LogP contribution in [-0.2, 0) is 0 Å². The number of hydrogen-bond donors (Lipinski definition) is 2. The largest absolute Gasteiger partial charge is 0.361 e. The number of hydrogen-bond acceptors (Lipinski definition) is 3. The van der Waals surface area contributed by atoms with Crippen molar-refractivity contribution >= 4 is 28.4 Å². The van der Waals surface area contributed by atoms with Gasteiger partial charge in [0.15, 0.2) is 0 Å². The van der Waals surface area contributed by atoms with Crippen LogP contribution in [0.25, 0.3) is 17.0 Å². The van der Waals surface area contributed by atoms with Gasteiger partial charge in [-0.1, -0.05) is 12.7 Å². The average Bonchev–Trinajstić information content (AvgIpc) is 2.99. The van der Waals surface area contributed by atoms with Crippen molar-refractivity contribution < 1.29 is 0 Å². The lowest BCUT2D eigenvalue weighted by atomic mass is 10.1. The Bertz CT molecular complexity index is 868. The number of pyridine rings is 1. The van der Waals surface area contributed by atoms with Crippen molar-refractivity contribution in [3.63, 3.8) is 0 Å². The van der Waals surface area contributed by atoms with E-state index >= 15 is 0 Å². The first-order chi connectivity index (χ1) is 10.2. The van der Waals surface area contributed by atoms with E-state index in [1.165, 1.54) is 0 Å². The molecule has 0 bridgehead atoms. The lowest BCUT2D eigenvalue weighted by molar-refractivity contribution is 1.28. The molecule has 0 amide bonds. The zero-order valence-electron chi connectivity index (χ0n) is 11.6. The average molecular weight is 274 g/mol. The number of nitrogens with zero attached hydrogens (tertiary/aromatic N) is 2. The highest BCUT2D eigenvalue weighted by Gasteiger charge is 2.10. The summed E-state index contributed by atoms with van der Waals surface area (Å²) < 4.78 is 0. The molecule has 0 aliphatic rings. The van der Waals surface area contributed by atoms with Crippen LogP contribution in [0.1, 0.15) is 16.7 Å². The molecule has 21 heavy (non-hydrogen) atoms. The van der Waals surface area contributed by atoms with Crippen molar-refractivity contribution in [3.05, 3.63) is 60.1 Å². The molecule has 3 rings (SSSR count). The van der Waals surface area contributed by atoms with E-state index in [1.54, 1.807) is 18.5 Å². The fraction of sp³-hybridized carbons (Fsp3) is 0.0588. The van der Waals surface area contributed by atoms with Gasteiger partial charge in [0.1, 0.15) is 6.07 Å². The standard InChI is InChI=1S/C17H14N4/c1-3-12-9-19-10-13(8-18)17(12)21-15-4-5-16-14(11(15)2)6-7-20-16/h3-7,9-10,20H,1H2,2H3,(H,19,21). The minimum absolute atomic E-state index is 0.501. The molecule has 0 aliphatic carbocycles. The molecule has 3 aromatic rings. The minimum atomic E-state index is 0.501. The third kappa shape index (κ3) is 2.15. The molecule has 0 saturated carbocycles. The predicted octanol–water partition coefficient (Wildman–Crippen LogP) is 4.13. The van der Waals surface area contributed by atoms with Crippen LogP contribution in [0.5, 0.6) is 0 Å². The molecule has 2 aromatic heterocycles. The van der Waals surface area contributed by atoms with Gasteiger partial charge in [0.25, 0.3) is 0 Å². The number of nitriles is 1. The molecule has 0 atom stereocenters. The molecular weight excluding hydrogens is 260 g/mol. The second kappa shape index (κ2) is 5.14. The summed E-state index contributed by atoms with van der Waals surface area (Å²) in [5.74, 6) is 0. The van der Waals surface area contributed by atoms with Gasteiger partial charge in [-0.3, -0.25) is 4.98 Å². The quantitative estimate of drug-likeness (QED) is 0.754. The number of benzene rings is 1. The van der Waals surface area contributed by atoms with Gasteiger partial charge in [0, 0.05) is 40.7 Å². The van der Waals surface area contributed by atoms with Crippen LogP contribution in [0, 0.1) is 18.3 Å². The minimum Gasteiger partial charge on any atom is -0.361 e. The summed E-state index contributed by atoms with van der Waals surface area (Å²) >= 11 is 0. The lowest BCUT2D eigenvalue weighted by Gasteiger charge is -2.14. The summed E-state index contributed by atoms with van der Waals surface area (Å²) in [5, 5.41) is 13.8. The Balaban J connectivity index is 2.13. The smallest absolute Gasteiger partial charge is 0.103 e. The molecule has 4 heteroatoms. The molecule has 0 radical (unpaired) electrons. The van der Waals surface area contributed by atoms with E-state index in [9.17, 15) is 5.26 Å². The fourth-order valence-electron chi connectivity index (χ4n) is 2.41. The van der Waals surface area contributed by atoms with Gasteiger partial charge in [0.05, 0.1) is 11.3 Å².